The van der Waals surface area contributed by atoms with Gasteiger partial charge in [-0.15, -0.1) is 0 Å². The molecular formula is C28H46O2. The highest BCUT2D eigenvalue weighted by atomic mass is 16.3. The molecule has 0 spiro atoms. The van der Waals surface area contributed by atoms with E-state index in [2.05, 4.69) is 19.1 Å². The highest BCUT2D eigenvalue weighted by molar-refractivity contribution is 5.93. The van der Waals surface area contributed by atoms with Crippen LogP contribution in [-0.2, 0) is 4.79 Å². The first-order chi connectivity index (χ1) is 14.7. The van der Waals surface area contributed by atoms with Gasteiger partial charge < -0.3 is 5.11 Å². The van der Waals surface area contributed by atoms with Gasteiger partial charge in [0.2, 0.25) is 0 Å². The number of benzene rings is 1. The van der Waals surface area contributed by atoms with E-state index < -0.39 is 5.60 Å². The van der Waals surface area contributed by atoms with Gasteiger partial charge in [0, 0.05) is 5.92 Å². The quantitative estimate of drug-likeness (QED) is 0.277. The van der Waals surface area contributed by atoms with E-state index in [1.54, 1.807) is 0 Å². The fourth-order valence-electron chi connectivity index (χ4n) is 5.03. The van der Waals surface area contributed by atoms with Gasteiger partial charge in [0.05, 0.1) is 0 Å². The maximum absolute atomic E-state index is 13.3. The highest BCUT2D eigenvalue weighted by Gasteiger charge is 2.40. The van der Waals surface area contributed by atoms with Crippen LogP contribution >= 0.6 is 0 Å². The summed E-state index contributed by atoms with van der Waals surface area (Å²) in [5.74, 6) is -0.0612. The predicted molar refractivity (Wildman–Crippen MR) is 128 cm³/mol. The summed E-state index contributed by atoms with van der Waals surface area (Å²) in [4.78, 5) is 13.3. The summed E-state index contributed by atoms with van der Waals surface area (Å²) in [6, 6.07) is 10.2. The zero-order chi connectivity index (χ0) is 21.5. The van der Waals surface area contributed by atoms with Crippen molar-refractivity contribution in [2.45, 2.75) is 134 Å². The van der Waals surface area contributed by atoms with Crippen LogP contribution in [0.15, 0.2) is 30.3 Å². The minimum Gasteiger partial charge on any atom is -0.382 e. The third kappa shape index (κ3) is 8.92. The molecule has 1 aromatic rings. The van der Waals surface area contributed by atoms with Gasteiger partial charge in [-0.2, -0.15) is 0 Å². The number of hydrogen-bond acceptors (Lipinski definition) is 2. The van der Waals surface area contributed by atoms with Gasteiger partial charge in [0.25, 0.3) is 0 Å². The molecule has 0 aromatic heterocycles. The SMILES string of the molecule is CCCCCCCCCCCCCCC(C(=O)C1(O)CCCCC1)c1ccccc1. The van der Waals surface area contributed by atoms with E-state index >= 15 is 0 Å². The van der Waals surface area contributed by atoms with Crippen LogP contribution in [0.2, 0.25) is 0 Å². The number of unbranched alkanes of at least 4 members (excludes halogenated alkanes) is 11. The first-order valence-corrected chi connectivity index (χ1v) is 13.0. The Morgan fingerprint density at radius 1 is 0.800 bits per heavy atom. The molecule has 2 nitrogen and oxygen atoms in total. The molecule has 1 fully saturated rings. The molecule has 0 radical (unpaired) electrons. The number of rotatable bonds is 16. The van der Waals surface area contributed by atoms with Crippen molar-refractivity contribution in [3.05, 3.63) is 35.9 Å². The number of aliphatic hydroxyl groups is 1. The maximum Gasteiger partial charge on any atom is 0.171 e. The van der Waals surface area contributed by atoms with Crippen molar-refractivity contribution in [2.24, 2.45) is 0 Å². The Kier molecular flexibility index (Phi) is 12.4. The molecule has 0 amide bonds. The van der Waals surface area contributed by atoms with Gasteiger partial charge in [-0.3, -0.25) is 4.79 Å². The van der Waals surface area contributed by atoms with Crippen LogP contribution in [0.4, 0.5) is 0 Å². The van der Waals surface area contributed by atoms with E-state index in [9.17, 15) is 9.90 Å². The fourth-order valence-corrected chi connectivity index (χ4v) is 5.03. The van der Waals surface area contributed by atoms with Crippen LogP contribution in [0, 0.1) is 0 Å². The zero-order valence-corrected chi connectivity index (χ0v) is 19.5. The summed E-state index contributed by atoms with van der Waals surface area (Å²) in [7, 11) is 0. The van der Waals surface area contributed by atoms with Crippen molar-refractivity contribution in [1.29, 1.82) is 0 Å². The van der Waals surface area contributed by atoms with Gasteiger partial charge in [-0.25, -0.2) is 0 Å². The zero-order valence-electron chi connectivity index (χ0n) is 19.5. The molecule has 170 valence electrons. The highest BCUT2D eigenvalue weighted by Crippen LogP contribution is 2.36. The molecule has 2 rings (SSSR count). The third-order valence-corrected chi connectivity index (χ3v) is 7.00. The van der Waals surface area contributed by atoms with Crippen molar-refractivity contribution in [2.75, 3.05) is 0 Å². The lowest BCUT2D eigenvalue weighted by atomic mass is 9.74. The van der Waals surface area contributed by atoms with E-state index in [-0.39, 0.29) is 11.7 Å². The Bertz CT molecular complexity index is 559. The molecule has 0 aliphatic heterocycles. The Morgan fingerprint density at radius 2 is 1.30 bits per heavy atom. The summed E-state index contributed by atoms with van der Waals surface area (Å²) in [6.07, 6.45) is 21.2. The third-order valence-electron chi connectivity index (χ3n) is 7.00. The lowest BCUT2D eigenvalue weighted by molar-refractivity contribution is -0.142. The summed E-state index contributed by atoms with van der Waals surface area (Å²) >= 11 is 0. The number of carbonyl (C=O) groups excluding carboxylic acids is 1. The first-order valence-electron chi connectivity index (χ1n) is 13.0. The Balaban J connectivity index is 1.68. The number of carbonyl (C=O) groups is 1. The molecule has 1 atom stereocenters. The molecule has 1 aliphatic rings. The van der Waals surface area contributed by atoms with Gasteiger partial charge in [0.1, 0.15) is 5.60 Å². The molecule has 1 aliphatic carbocycles. The van der Waals surface area contributed by atoms with E-state index in [4.69, 9.17) is 0 Å². The van der Waals surface area contributed by atoms with Crippen molar-refractivity contribution in [3.63, 3.8) is 0 Å². The lowest BCUT2D eigenvalue weighted by Gasteiger charge is -2.34. The van der Waals surface area contributed by atoms with E-state index in [1.165, 1.54) is 70.6 Å². The number of ketones is 1. The summed E-state index contributed by atoms with van der Waals surface area (Å²) in [5, 5.41) is 11.0. The van der Waals surface area contributed by atoms with Gasteiger partial charge in [0.15, 0.2) is 5.78 Å². The van der Waals surface area contributed by atoms with Crippen LogP contribution in [0.5, 0.6) is 0 Å². The number of Topliss-reactive ketones (excluding diaryl/α,β-unsaturated/α-hetero) is 1. The Morgan fingerprint density at radius 3 is 1.83 bits per heavy atom. The standard InChI is InChI=1S/C28H46O2/c1-2-3-4-5-6-7-8-9-10-11-12-17-22-26(25-20-15-13-16-21-25)27(29)28(30)23-18-14-19-24-28/h13,15-16,20-21,26,30H,2-12,14,17-19,22-24H2,1H3. The van der Waals surface area contributed by atoms with Crippen molar-refractivity contribution >= 4 is 5.78 Å². The lowest BCUT2D eigenvalue weighted by Crippen LogP contribution is -2.43. The van der Waals surface area contributed by atoms with Crippen LogP contribution in [0.3, 0.4) is 0 Å². The van der Waals surface area contributed by atoms with Crippen molar-refractivity contribution in [1.82, 2.24) is 0 Å². The van der Waals surface area contributed by atoms with E-state index in [0.717, 1.165) is 37.7 Å². The molecule has 0 saturated heterocycles. The first kappa shape index (κ1) is 25.1. The molecule has 1 unspecified atom stereocenters. The summed E-state index contributed by atoms with van der Waals surface area (Å²) < 4.78 is 0. The normalized spacial score (nSPS) is 17.0. The van der Waals surface area contributed by atoms with E-state index in [1.807, 2.05) is 18.2 Å². The molecule has 1 saturated carbocycles. The van der Waals surface area contributed by atoms with Crippen LogP contribution in [-0.4, -0.2) is 16.5 Å². The molecule has 1 N–H and O–H groups in total. The van der Waals surface area contributed by atoms with Crippen LogP contribution in [0.1, 0.15) is 134 Å². The predicted octanol–water partition coefficient (Wildman–Crippen LogP) is 8.13. The Hall–Kier alpha value is -1.15. The molecular weight excluding hydrogens is 368 g/mol. The minimum atomic E-state index is -1.09. The summed E-state index contributed by atoms with van der Waals surface area (Å²) in [5.41, 5.74) is 0.000152. The van der Waals surface area contributed by atoms with Crippen LogP contribution in [0.25, 0.3) is 0 Å². The second kappa shape index (κ2) is 14.8. The molecule has 0 heterocycles. The average molecular weight is 415 g/mol. The van der Waals surface area contributed by atoms with E-state index in [0.29, 0.717) is 12.8 Å². The Labute approximate surface area is 185 Å². The number of hydrogen-bond donors (Lipinski definition) is 1. The smallest absolute Gasteiger partial charge is 0.171 e. The molecule has 2 heteroatoms. The average Bonchev–Trinajstić information content (AvgIpc) is 2.78. The minimum absolute atomic E-state index is 0.0801. The second-order valence-electron chi connectivity index (χ2n) is 9.60. The summed E-state index contributed by atoms with van der Waals surface area (Å²) in [6.45, 7) is 2.27. The fraction of sp³-hybridized carbons (Fsp3) is 0.750. The largest absolute Gasteiger partial charge is 0.382 e. The van der Waals surface area contributed by atoms with Crippen molar-refractivity contribution < 1.29 is 9.90 Å². The molecule has 0 bridgehead atoms. The van der Waals surface area contributed by atoms with Crippen molar-refractivity contribution in [3.8, 4) is 0 Å². The maximum atomic E-state index is 13.3. The van der Waals surface area contributed by atoms with Gasteiger partial charge in [-0.1, -0.05) is 134 Å². The second-order valence-corrected chi connectivity index (χ2v) is 9.60. The topological polar surface area (TPSA) is 37.3 Å². The van der Waals surface area contributed by atoms with Crippen LogP contribution < -0.4 is 0 Å². The van der Waals surface area contributed by atoms with Gasteiger partial charge in [-0.05, 0) is 24.8 Å². The molecule has 30 heavy (non-hydrogen) atoms. The monoisotopic (exact) mass is 414 g/mol. The van der Waals surface area contributed by atoms with Gasteiger partial charge >= 0.3 is 0 Å². The molecule has 1 aromatic carbocycles.